The summed E-state index contributed by atoms with van der Waals surface area (Å²) in [5, 5.41) is 7.81. The molecule has 22 heavy (non-hydrogen) atoms. The van der Waals surface area contributed by atoms with E-state index < -0.39 is 0 Å². The first-order chi connectivity index (χ1) is 10.8. The molecule has 6 heteroatoms. The molecule has 0 atom stereocenters. The Kier molecular flexibility index (Phi) is 4.32. The summed E-state index contributed by atoms with van der Waals surface area (Å²) >= 11 is 0. The fourth-order valence-corrected chi connectivity index (χ4v) is 2.26. The number of nitrogens with two attached hydrogens (primary N) is 1. The van der Waals surface area contributed by atoms with E-state index in [1.54, 1.807) is 7.11 Å². The second kappa shape index (κ2) is 6.55. The summed E-state index contributed by atoms with van der Waals surface area (Å²) < 4.78 is 6.87. The lowest BCUT2D eigenvalue weighted by molar-refractivity contribution is 0.210. The molecule has 0 radical (unpaired) electrons. The minimum Gasteiger partial charge on any atom is -0.383 e. The highest BCUT2D eigenvalue weighted by Gasteiger charge is 2.08. The Labute approximate surface area is 128 Å². The lowest BCUT2D eigenvalue weighted by Gasteiger charge is -2.07. The standard InChI is InChI=1S/C16H19N5O/c1-22-9-8-18-15-6-7-16-19-11-14(21(16)20-15)13-4-2-12(10-17)3-5-13/h2-7,11H,8-10,17H2,1H3,(H,18,20). The molecule has 1 aromatic carbocycles. The predicted octanol–water partition coefficient (Wildman–Crippen LogP) is 1.91. The van der Waals surface area contributed by atoms with Crippen LogP contribution in [0.5, 0.6) is 0 Å². The normalized spacial score (nSPS) is 11.0. The van der Waals surface area contributed by atoms with E-state index in [0.717, 1.165) is 28.3 Å². The Morgan fingerprint density at radius 2 is 2.00 bits per heavy atom. The second-order valence-electron chi connectivity index (χ2n) is 4.95. The molecule has 3 aromatic rings. The first-order valence-electron chi connectivity index (χ1n) is 7.19. The van der Waals surface area contributed by atoms with Crippen LogP contribution in [-0.4, -0.2) is 34.9 Å². The van der Waals surface area contributed by atoms with E-state index in [0.29, 0.717) is 19.7 Å². The molecule has 0 aliphatic rings. The molecule has 0 aliphatic carbocycles. The molecule has 0 unspecified atom stereocenters. The number of hydrogen-bond acceptors (Lipinski definition) is 5. The van der Waals surface area contributed by atoms with E-state index in [9.17, 15) is 0 Å². The van der Waals surface area contributed by atoms with Crippen molar-refractivity contribution in [3.05, 3.63) is 48.2 Å². The molecule has 0 spiro atoms. The molecule has 2 heterocycles. The lowest BCUT2D eigenvalue weighted by atomic mass is 10.1. The van der Waals surface area contributed by atoms with Gasteiger partial charge in [-0.1, -0.05) is 24.3 Å². The number of hydrogen-bond donors (Lipinski definition) is 2. The average Bonchev–Trinajstić information content (AvgIpc) is 2.98. The van der Waals surface area contributed by atoms with Gasteiger partial charge in [0, 0.05) is 25.8 Å². The van der Waals surface area contributed by atoms with Crippen LogP contribution in [0.2, 0.25) is 0 Å². The van der Waals surface area contributed by atoms with E-state index in [1.807, 2.05) is 47.1 Å². The number of anilines is 1. The van der Waals surface area contributed by atoms with Crippen LogP contribution >= 0.6 is 0 Å². The Morgan fingerprint density at radius 3 is 2.73 bits per heavy atom. The molecule has 0 aliphatic heterocycles. The third-order valence-electron chi connectivity index (χ3n) is 3.46. The zero-order chi connectivity index (χ0) is 15.4. The number of nitrogens with zero attached hydrogens (tertiary/aromatic N) is 3. The number of benzene rings is 1. The van der Waals surface area contributed by atoms with Crippen LogP contribution in [0.25, 0.3) is 16.9 Å². The smallest absolute Gasteiger partial charge is 0.154 e. The molecule has 0 bridgehead atoms. The van der Waals surface area contributed by atoms with Crippen molar-refractivity contribution in [3.63, 3.8) is 0 Å². The molecule has 3 rings (SSSR count). The van der Waals surface area contributed by atoms with Crippen LogP contribution in [0.3, 0.4) is 0 Å². The number of rotatable bonds is 6. The van der Waals surface area contributed by atoms with Gasteiger partial charge < -0.3 is 15.8 Å². The number of fused-ring (bicyclic) bond motifs is 1. The van der Waals surface area contributed by atoms with Crippen molar-refractivity contribution >= 4 is 11.5 Å². The minimum absolute atomic E-state index is 0.541. The van der Waals surface area contributed by atoms with Crippen molar-refractivity contribution in [2.24, 2.45) is 5.73 Å². The SMILES string of the molecule is COCCNc1ccc2ncc(-c3ccc(CN)cc3)n2n1. The largest absolute Gasteiger partial charge is 0.383 e. The van der Waals surface area contributed by atoms with Crippen LogP contribution < -0.4 is 11.1 Å². The Balaban J connectivity index is 1.93. The predicted molar refractivity (Wildman–Crippen MR) is 86.7 cm³/mol. The summed E-state index contributed by atoms with van der Waals surface area (Å²) in [5.74, 6) is 0.794. The van der Waals surface area contributed by atoms with E-state index >= 15 is 0 Å². The van der Waals surface area contributed by atoms with Crippen LogP contribution in [-0.2, 0) is 11.3 Å². The van der Waals surface area contributed by atoms with Gasteiger partial charge in [-0.25, -0.2) is 9.50 Å². The molecule has 114 valence electrons. The third kappa shape index (κ3) is 2.93. The van der Waals surface area contributed by atoms with Crippen LogP contribution in [0.1, 0.15) is 5.56 Å². The third-order valence-corrected chi connectivity index (χ3v) is 3.46. The number of imidazole rings is 1. The quantitative estimate of drug-likeness (QED) is 0.680. The maximum Gasteiger partial charge on any atom is 0.154 e. The maximum absolute atomic E-state index is 5.64. The van der Waals surface area contributed by atoms with Crippen LogP contribution in [0.4, 0.5) is 5.82 Å². The van der Waals surface area contributed by atoms with Crippen molar-refractivity contribution in [2.45, 2.75) is 6.54 Å². The highest BCUT2D eigenvalue weighted by molar-refractivity contribution is 5.63. The topological polar surface area (TPSA) is 77.5 Å². The van der Waals surface area contributed by atoms with Crippen molar-refractivity contribution in [2.75, 3.05) is 25.6 Å². The number of aromatic nitrogens is 3. The summed E-state index contributed by atoms with van der Waals surface area (Å²) in [6.45, 7) is 1.89. The van der Waals surface area contributed by atoms with Gasteiger partial charge >= 0.3 is 0 Å². The summed E-state index contributed by atoms with van der Waals surface area (Å²) in [6, 6.07) is 12.0. The Morgan fingerprint density at radius 1 is 1.18 bits per heavy atom. The summed E-state index contributed by atoms with van der Waals surface area (Å²) in [4.78, 5) is 4.40. The van der Waals surface area contributed by atoms with Crippen molar-refractivity contribution in [3.8, 4) is 11.3 Å². The number of nitrogens with one attached hydrogen (secondary N) is 1. The maximum atomic E-state index is 5.64. The summed E-state index contributed by atoms with van der Waals surface area (Å²) in [7, 11) is 1.68. The Bertz CT molecular complexity index is 751. The molecule has 0 saturated heterocycles. The van der Waals surface area contributed by atoms with Gasteiger partial charge in [-0.15, -0.1) is 5.10 Å². The highest BCUT2D eigenvalue weighted by atomic mass is 16.5. The molecule has 0 saturated carbocycles. The Hall–Kier alpha value is -2.44. The van der Waals surface area contributed by atoms with E-state index in [-0.39, 0.29) is 0 Å². The summed E-state index contributed by atoms with van der Waals surface area (Å²) in [5.41, 5.74) is 9.57. The molecule has 6 nitrogen and oxygen atoms in total. The lowest BCUT2D eigenvalue weighted by Crippen LogP contribution is -2.10. The van der Waals surface area contributed by atoms with E-state index in [2.05, 4.69) is 15.4 Å². The van der Waals surface area contributed by atoms with Crippen molar-refractivity contribution in [1.82, 2.24) is 14.6 Å². The van der Waals surface area contributed by atoms with Gasteiger partial charge in [-0.05, 0) is 17.7 Å². The first-order valence-corrected chi connectivity index (χ1v) is 7.19. The molecular weight excluding hydrogens is 278 g/mol. The van der Waals surface area contributed by atoms with E-state index in [1.165, 1.54) is 0 Å². The molecule has 2 aromatic heterocycles. The molecular formula is C16H19N5O. The van der Waals surface area contributed by atoms with Gasteiger partial charge in [0.15, 0.2) is 5.65 Å². The zero-order valence-corrected chi connectivity index (χ0v) is 12.5. The highest BCUT2D eigenvalue weighted by Crippen LogP contribution is 2.21. The first kappa shape index (κ1) is 14.5. The van der Waals surface area contributed by atoms with Gasteiger partial charge in [0.25, 0.3) is 0 Å². The fraction of sp³-hybridized carbons (Fsp3) is 0.250. The monoisotopic (exact) mass is 297 g/mol. The molecule has 0 amide bonds. The van der Waals surface area contributed by atoms with Crippen molar-refractivity contribution < 1.29 is 4.74 Å². The van der Waals surface area contributed by atoms with Crippen LogP contribution in [0.15, 0.2) is 42.6 Å². The number of ether oxygens (including phenoxy) is 1. The van der Waals surface area contributed by atoms with Gasteiger partial charge in [-0.2, -0.15) is 0 Å². The van der Waals surface area contributed by atoms with Crippen LogP contribution in [0, 0.1) is 0 Å². The fourth-order valence-electron chi connectivity index (χ4n) is 2.26. The van der Waals surface area contributed by atoms with Gasteiger partial charge in [0.1, 0.15) is 5.82 Å². The zero-order valence-electron chi connectivity index (χ0n) is 12.5. The minimum atomic E-state index is 0.541. The van der Waals surface area contributed by atoms with Gasteiger partial charge in [0.2, 0.25) is 0 Å². The summed E-state index contributed by atoms with van der Waals surface area (Å²) in [6.07, 6.45) is 1.83. The van der Waals surface area contributed by atoms with Gasteiger partial charge in [0.05, 0.1) is 18.5 Å². The molecule has 0 fully saturated rings. The second-order valence-corrected chi connectivity index (χ2v) is 4.95. The molecule has 3 N–H and O–H groups in total. The van der Waals surface area contributed by atoms with Crippen molar-refractivity contribution in [1.29, 1.82) is 0 Å². The van der Waals surface area contributed by atoms with E-state index in [4.69, 9.17) is 10.5 Å². The van der Waals surface area contributed by atoms with Gasteiger partial charge in [-0.3, -0.25) is 0 Å². The number of methoxy groups -OCH3 is 1. The average molecular weight is 297 g/mol.